The zero-order valence-corrected chi connectivity index (χ0v) is 22.4. The van der Waals surface area contributed by atoms with Crippen LogP contribution in [0.3, 0.4) is 0 Å². The van der Waals surface area contributed by atoms with Gasteiger partial charge in [-0.2, -0.15) is 0 Å². The lowest BCUT2D eigenvalue weighted by Crippen LogP contribution is -2.42. The first kappa shape index (κ1) is 29.0. The number of carboxylic acids is 2. The van der Waals surface area contributed by atoms with Crippen molar-refractivity contribution in [1.29, 1.82) is 0 Å². The fraction of sp³-hybridized carbons (Fsp3) is 0.182. The fourth-order valence-corrected chi connectivity index (χ4v) is 4.79. The van der Waals surface area contributed by atoms with Crippen molar-refractivity contribution in [3.63, 3.8) is 0 Å². The van der Waals surface area contributed by atoms with Gasteiger partial charge in [-0.3, -0.25) is 4.79 Å². The topological polar surface area (TPSA) is 139 Å². The molecule has 1 amide bonds. The van der Waals surface area contributed by atoms with Crippen LogP contribution in [0.2, 0.25) is 0 Å². The zero-order valence-electron chi connectivity index (χ0n) is 22.4. The molecule has 0 saturated heterocycles. The lowest BCUT2D eigenvalue weighted by atomic mass is 9.98. The minimum atomic E-state index is -1.10. The molecule has 8 heteroatoms. The van der Waals surface area contributed by atoms with Gasteiger partial charge in [0, 0.05) is 12.3 Å². The minimum absolute atomic E-state index is 0.0643. The summed E-state index contributed by atoms with van der Waals surface area (Å²) in [6.45, 7) is 0.150. The molecule has 1 aliphatic rings. The Morgan fingerprint density at radius 3 is 1.63 bits per heavy atom. The second-order valence-electron chi connectivity index (χ2n) is 9.68. The summed E-state index contributed by atoms with van der Waals surface area (Å²) in [6.07, 6.45) is -0.147. The van der Waals surface area contributed by atoms with E-state index in [1.807, 2.05) is 97.1 Å². The summed E-state index contributed by atoms with van der Waals surface area (Å²) < 4.78 is 5.44. The molecule has 2 unspecified atom stereocenters. The predicted molar refractivity (Wildman–Crippen MR) is 156 cm³/mol. The monoisotopic (exact) mass is 552 g/mol. The Hall–Kier alpha value is -4.95. The van der Waals surface area contributed by atoms with E-state index in [0.717, 1.165) is 33.4 Å². The van der Waals surface area contributed by atoms with Crippen LogP contribution in [0.4, 0.5) is 4.79 Å². The molecule has 5 rings (SSSR count). The maximum atomic E-state index is 12.3. The Balaban J connectivity index is 0.000000271. The van der Waals surface area contributed by atoms with Gasteiger partial charge in [-0.05, 0) is 39.8 Å². The lowest BCUT2D eigenvalue weighted by molar-refractivity contribution is -0.139. The lowest BCUT2D eigenvalue weighted by Gasteiger charge is -2.17. The van der Waals surface area contributed by atoms with E-state index in [-0.39, 0.29) is 18.9 Å². The largest absolute Gasteiger partial charge is 0.480 e. The normalized spacial score (nSPS) is 13.0. The van der Waals surface area contributed by atoms with Crippen LogP contribution in [0.5, 0.6) is 0 Å². The second-order valence-corrected chi connectivity index (χ2v) is 9.68. The van der Waals surface area contributed by atoms with Gasteiger partial charge in [-0.15, -0.1) is 0 Å². The van der Waals surface area contributed by atoms with E-state index in [9.17, 15) is 19.5 Å². The Morgan fingerprint density at radius 2 is 1.15 bits per heavy atom. The summed E-state index contributed by atoms with van der Waals surface area (Å²) in [6, 6.07) is 32.8. The van der Waals surface area contributed by atoms with E-state index in [0.29, 0.717) is 6.42 Å². The van der Waals surface area contributed by atoms with Crippen LogP contribution in [-0.2, 0) is 27.2 Å². The van der Waals surface area contributed by atoms with Crippen LogP contribution in [0, 0.1) is 0 Å². The number of carbonyl (C=O) groups is 3. The number of amides is 1. The number of alkyl carbamates (subject to hydrolysis) is 1. The van der Waals surface area contributed by atoms with Crippen LogP contribution in [-0.4, -0.2) is 46.9 Å². The van der Waals surface area contributed by atoms with Gasteiger partial charge in [0.2, 0.25) is 0 Å². The molecule has 4 aromatic carbocycles. The molecule has 0 fully saturated rings. The number of ether oxygens (including phenoxy) is 1. The molecule has 0 bridgehead atoms. The van der Waals surface area contributed by atoms with Gasteiger partial charge in [-0.1, -0.05) is 109 Å². The quantitative estimate of drug-likeness (QED) is 0.233. The molecule has 0 radical (unpaired) electrons. The van der Waals surface area contributed by atoms with E-state index in [2.05, 4.69) is 17.4 Å². The van der Waals surface area contributed by atoms with Crippen molar-refractivity contribution in [2.24, 2.45) is 5.73 Å². The predicted octanol–water partition coefficient (Wildman–Crippen LogP) is 4.86. The van der Waals surface area contributed by atoms with E-state index >= 15 is 0 Å². The van der Waals surface area contributed by atoms with Crippen molar-refractivity contribution < 1.29 is 29.3 Å². The number of hydrogen-bond donors (Lipinski definition) is 4. The van der Waals surface area contributed by atoms with E-state index < -0.39 is 30.1 Å². The fourth-order valence-electron chi connectivity index (χ4n) is 4.79. The highest BCUT2D eigenvalue weighted by atomic mass is 16.5. The second kappa shape index (κ2) is 13.9. The number of benzene rings is 4. The first-order valence-corrected chi connectivity index (χ1v) is 13.2. The van der Waals surface area contributed by atoms with Crippen molar-refractivity contribution >= 4 is 18.0 Å². The van der Waals surface area contributed by atoms with Crippen LogP contribution in [0.15, 0.2) is 109 Å². The highest BCUT2D eigenvalue weighted by Gasteiger charge is 2.29. The van der Waals surface area contributed by atoms with Crippen LogP contribution >= 0.6 is 0 Å². The van der Waals surface area contributed by atoms with E-state index in [4.69, 9.17) is 15.6 Å². The third kappa shape index (κ3) is 7.80. The van der Waals surface area contributed by atoms with Crippen LogP contribution < -0.4 is 11.1 Å². The molecule has 8 nitrogen and oxygen atoms in total. The number of rotatable bonds is 9. The highest BCUT2D eigenvalue weighted by Crippen LogP contribution is 2.44. The Kier molecular flexibility index (Phi) is 9.85. The van der Waals surface area contributed by atoms with Crippen LogP contribution in [0.1, 0.15) is 28.2 Å². The number of carboxylic acid groups (broad SMARTS) is 2. The molecule has 0 aliphatic heterocycles. The first-order chi connectivity index (χ1) is 19.8. The van der Waals surface area contributed by atoms with Gasteiger partial charge >= 0.3 is 18.0 Å². The molecule has 41 heavy (non-hydrogen) atoms. The summed E-state index contributed by atoms with van der Waals surface area (Å²) in [5.74, 6) is -2.12. The highest BCUT2D eigenvalue weighted by molar-refractivity contribution is 5.81. The molecule has 0 saturated carbocycles. The molecule has 4 aromatic rings. The summed E-state index contributed by atoms with van der Waals surface area (Å²) in [5.41, 5.74) is 11.6. The maximum absolute atomic E-state index is 12.3. The molecule has 210 valence electrons. The van der Waals surface area contributed by atoms with Gasteiger partial charge in [0.05, 0.1) is 0 Å². The van der Waals surface area contributed by atoms with Gasteiger partial charge < -0.3 is 26.0 Å². The van der Waals surface area contributed by atoms with Crippen molar-refractivity contribution in [2.45, 2.75) is 30.8 Å². The van der Waals surface area contributed by atoms with Gasteiger partial charge in [0.25, 0.3) is 0 Å². The molecule has 0 aromatic heterocycles. The van der Waals surface area contributed by atoms with E-state index in [1.165, 1.54) is 0 Å². The Labute approximate surface area is 238 Å². The van der Waals surface area contributed by atoms with Crippen molar-refractivity contribution in [1.82, 2.24) is 5.32 Å². The van der Waals surface area contributed by atoms with E-state index in [1.54, 1.807) is 0 Å². The average Bonchev–Trinajstić information content (AvgIpc) is 3.30. The summed E-state index contributed by atoms with van der Waals surface area (Å²) in [4.78, 5) is 34.3. The molecule has 2 atom stereocenters. The first-order valence-electron chi connectivity index (χ1n) is 13.2. The number of carbonyl (C=O) groups excluding carboxylic acids is 1. The summed E-state index contributed by atoms with van der Waals surface area (Å²) in [5, 5.41) is 20.4. The summed E-state index contributed by atoms with van der Waals surface area (Å²) in [7, 11) is 0. The smallest absolute Gasteiger partial charge is 0.407 e. The molecule has 5 N–H and O–H groups in total. The van der Waals surface area contributed by atoms with Crippen molar-refractivity contribution in [3.8, 4) is 11.1 Å². The number of nitrogens with one attached hydrogen (secondary N) is 1. The molecular weight excluding hydrogens is 520 g/mol. The molecular formula is C33H32N2O6. The number of fused-ring (bicyclic) bond motifs is 3. The molecule has 0 heterocycles. The van der Waals surface area contributed by atoms with Gasteiger partial charge in [-0.25, -0.2) is 9.59 Å². The zero-order chi connectivity index (χ0) is 29.2. The number of hydrogen-bond acceptors (Lipinski definition) is 5. The van der Waals surface area contributed by atoms with Crippen molar-refractivity contribution in [2.75, 3.05) is 6.61 Å². The van der Waals surface area contributed by atoms with Crippen molar-refractivity contribution in [3.05, 3.63) is 131 Å². The maximum Gasteiger partial charge on any atom is 0.407 e. The molecule has 0 spiro atoms. The Bertz CT molecular complexity index is 1430. The molecule has 1 aliphatic carbocycles. The average molecular weight is 553 g/mol. The van der Waals surface area contributed by atoms with Crippen LogP contribution in [0.25, 0.3) is 11.1 Å². The third-order valence-corrected chi connectivity index (χ3v) is 6.83. The number of nitrogens with two attached hydrogens (primary N) is 1. The van der Waals surface area contributed by atoms with Gasteiger partial charge in [0.15, 0.2) is 0 Å². The minimum Gasteiger partial charge on any atom is -0.480 e. The number of aliphatic carboxylic acids is 2. The summed E-state index contributed by atoms with van der Waals surface area (Å²) >= 11 is 0. The SMILES string of the molecule is NC(Cc1ccccc1)C(=O)O.O=C(NC(Cc1ccccc1)C(=O)O)OCC1c2ccccc2-c2ccccc21. The third-order valence-electron chi connectivity index (χ3n) is 6.83. The van der Waals surface area contributed by atoms with Gasteiger partial charge in [0.1, 0.15) is 18.7 Å². The standard InChI is InChI=1S/C24H21NO4.C9H11NO2/c26-23(27)22(14-16-8-2-1-3-9-16)25-24(28)29-15-21-19-12-6-4-10-17(19)18-11-5-7-13-20(18)21;10-8(9(11)12)6-7-4-2-1-3-5-7/h1-13,21-22H,14-15H2,(H,25,28)(H,26,27);1-5,8H,6,10H2,(H,11,12). The Morgan fingerprint density at radius 1 is 0.683 bits per heavy atom.